The Morgan fingerprint density at radius 3 is 1.33 bits per heavy atom. The predicted molar refractivity (Wildman–Crippen MR) is 85.8 cm³/mol. The molecule has 0 heterocycles. The summed E-state index contributed by atoms with van der Waals surface area (Å²) in [6, 6.07) is 4.88. The molecule has 1 aromatic rings. The van der Waals surface area contributed by atoms with E-state index in [1.54, 1.807) is 16.6 Å². The van der Waals surface area contributed by atoms with Crippen molar-refractivity contribution in [2.75, 3.05) is 0 Å². The Kier molecular flexibility index (Phi) is 5.07. The molecule has 0 fully saturated rings. The zero-order chi connectivity index (χ0) is 14.0. The topological polar surface area (TPSA) is 0 Å². The third-order valence-corrected chi connectivity index (χ3v) is 3.75. The van der Waals surface area contributed by atoms with Crippen molar-refractivity contribution >= 4 is 12.2 Å². The first-order valence-corrected chi connectivity index (χ1v) is 7.43. The van der Waals surface area contributed by atoms with E-state index in [-0.39, 0.29) is 0 Å². The molecule has 0 nitrogen and oxygen atoms in total. The van der Waals surface area contributed by atoms with Crippen LogP contribution in [0.1, 0.15) is 76.0 Å². The van der Waals surface area contributed by atoms with Crippen LogP contribution in [0.5, 0.6) is 0 Å². The van der Waals surface area contributed by atoms with Crippen LogP contribution >= 0.6 is 0 Å². The molecule has 0 saturated carbocycles. The lowest BCUT2D eigenvalue weighted by molar-refractivity contribution is 0.812. The van der Waals surface area contributed by atoms with E-state index in [1.807, 2.05) is 0 Å². The standard InChI is InChI=1S/C17H29B/c1-11(2)14-9-15(12(3)4)17(18(7)8)16(10-14)13(5)6/h9-13H,1-8H3. The Morgan fingerprint density at radius 2 is 1.11 bits per heavy atom. The van der Waals surface area contributed by atoms with Gasteiger partial charge in [-0.05, 0) is 23.3 Å². The summed E-state index contributed by atoms with van der Waals surface area (Å²) in [5.41, 5.74) is 6.19. The van der Waals surface area contributed by atoms with E-state index in [4.69, 9.17) is 0 Å². The maximum Gasteiger partial charge on any atom is 0.170 e. The predicted octanol–water partition coefficient (Wildman–Crippen LogP) is 5.02. The van der Waals surface area contributed by atoms with Gasteiger partial charge < -0.3 is 0 Å². The molecule has 1 heteroatoms. The van der Waals surface area contributed by atoms with Crippen LogP contribution in [0, 0.1) is 0 Å². The smallest absolute Gasteiger partial charge is 0.0819 e. The quantitative estimate of drug-likeness (QED) is 0.652. The Labute approximate surface area is 114 Å². The first-order valence-electron chi connectivity index (χ1n) is 7.43. The van der Waals surface area contributed by atoms with Crippen LogP contribution in [0.25, 0.3) is 0 Å². The highest BCUT2D eigenvalue weighted by molar-refractivity contribution is 6.71. The van der Waals surface area contributed by atoms with Gasteiger partial charge in [0.15, 0.2) is 6.71 Å². The molecule has 0 N–H and O–H groups in total. The van der Waals surface area contributed by atoms with Gasteiger partial charge >= 0.3 is 0 Å². The molecule has 0 amide bonds. The Balaban J connectivity index is 3.55. The molecule has 0 bridgehead atoms. The van der Waals surface area contributed by atoms with Crippen molar-refractivity contribution in [3.05, 3.63) is 28.8 Å². The van der Waals surface area contributed by atoms with Gasteiger partial charge in [0.25, 0.3) is 0 Å². The minimum Gasteiger partial charge on any atom is -0.0819 e. The van der Waals surface area contributed by atoms with Crippen LogP contribution in [0.15, 0.2) is 12.1 Å². The zero-order valence-electron chi connectivity index (χ0n) is 13.5. The molecule has 0 radical (unpaired) electrons. The van der Waals surface area contributed by atoms with Gasteiger partial charge in [-0.15, -0.1) is 0 Å². The maximum atomic E-state index is 2.44. The maximum absolute atomic E-state index is 2.44. The van der Waals surface area contributed by atoms with Crippen molar-refractivity contribution in [3.63, 3.8) is 0 Å². The third kappa shape index (κ3) is 3.19. The second kappa shape index (κ2) is 5.95. The summed E-state index contributed by atoms with van der Waals surface area (Å²) in [6.45, 7) is 19.1. The van der Waals surface area contributed by atoms with E-state index in [9.17, 15) is 0 Å². The van der Waals surface area contributed by atoms with Gasteiger partial charge in [-0.2, -0.15) is 0 Å². The number of benzene rings is 1. The van der Waals surface area contributed by atoms with Crippen LogP contribution in [0.2, 0.25) is 13.6 Å². The summed E-state index contributed by atoms with van der Waals surface area (Å²) >= 11 is 0. The molecule has 1 rings (SSSR count). The molecule has 18 heavy (non-hydrogen) atoms. The van der Waals surface area contributed by atoms with Gasteiger partial charge in [0.05, 0.1) is 0 Å². The van der Waals surface area contributed by atoms with Crippen LogP contribution in [0.4, 0.5) is 0 Å². The molecule has 0 saturated heterocycles. The molecule has 0 spiro atoms. The number of hydrogen-bond donors (Lipinski definition) is 0. The SMILES string of the molecule is CB(C)c1c(C(C)C)cc(C(C)C)cc1C(C)C. The van der Waals surface area contributed by atoms with Gasteiger partial charge in [-0.3, -0.25) is 0 Å². The molecule has 0 atom stereocenters. The molecule has 0 aliphatic rings. The lowest BCUT2D eigenvalue weighted by Crippen LogP contribution is -2.32. The van der Waals surface area contributed by atoms with E-state index in [2.05, 4.69) is 67.3 Å². The van der Waals surface area contributed by atoms with Crippen molar-refractivity contribution < 1.29 is 0 Å². The Morgan fingerprint density at radius 1 is 0.722 bits per heavy atom. The average Bonchev–Trinajstić information content (AvgIpc) is 2.26. The summed E-state index contributed by atoms with van der Waals surface area (Å²) < 4.78 is 0. The van der Waals surface area contributed by atoms with Crippen molar-refractivity contribution in [2.24, 2.45) is 0 Å². The van der Waals surface area contributed by atoms with E-state index in [0.717, 1.165) is 0 Å². The van der Waals surface area contributed by atoms with Crippen LogP contribution < -0.4 is 5.46 Å². The second-order valence-electron chi connectivity index (χ2n) is 6.73. The van der Waals surface area contributed by atoms with Crippen LogP contribution in [0.3, 0.4) is 0 Å². The Hall–Kier alpha value is -0.715. The van der Waals surface area contributed by atoms with Crippen LogP contribution in [-0.4, -0.2) is 6.71 Å². The van der Waals surface area contributed by atoms with E-state index < -0.39 is 0 Å². The minimum atomic E-state index is 0.610. The monoisotopic (exact) mass is 244 g/mol. The fraction of sp³-hybridized carbons (Fsp3) is 0.647. The van der Waals surface area contributed by atoms with Crippen molar-refractivity contribution in [2.45, 2.75) is 72.9 Å². The number of rotatable bonds is 4. The summed E-state index contributed by atoms with van der Waals surface area (Å²) in [5, 5.41) is 0. The van der Waals surface area contributed by atoms with Crippen molar-refractivity contribution in [1.29, 1.82) is 0 Å². The van der Waals surface area contributed by atoms with Crippen LogP contribution in [-0.2, 0) is 0 Å². The van der Waals surface area contributed by atoms with E-state index in [0.29, 0.717) is 24.5 Å². The summed E-state index contributed by atoms with van der Waals surface area (Å²) in [6.07, 6.45) is 0. The summed E-state index contributed by atoms with van der Waals surface area (Å²) in [7, 11) is 0. The average molecular weight is 244 g/mol. The number of hydrogen-bond acceptors (Lipinski definition) is 0. The third-order valence-electron chi connectivity index (χ3n) is 3.75. The second-order valence-corrected chi connectivity index (χ2v) is 6.73. The zero-order valence-corrected chi connectivity index (χ0v) is 13.5. The highest BCUT2D eigenvalue weighted by Gasteiger charge is 2.19. The van der Waals surface area contributed by atoms with Crippen molar-refractivity contribution in [3.8, 4) is 0 Å². The molecule has 100 valence electrons. The first kappa shape index (κ1) is 15.3. The fourth-order valence-corrected chi connectivity index (χ4v) is 2.68. The van der Waals surface area contributed by atoms with E-state index in [1.165, 1.54) is 5.56 Å². The lowest BCUT2D eigenvalue weighted by atomic mass is 9.46. The summed E-state index contributed by atoms with van der Waals surface area (Å²) in [5.74, 6) is 1.83. The first-order chi connectivity index (χ1) is 8.25. The molecular formula is C17H29B. The molecular weight excluding hydrogens is 215 g/mol. The molecule has 1 aromatic carbocycles. The molecule has 0 aliphatic carbocycles. The van der Waals surface area contributed by atoms with Crippen molar-refractivity contribution in [1.82, 2.24) is 0 Å². The highest BCUT2D eigenvalue weighted by Crippen LogP contribution is 2.26. The normalized spacial score (nSPS) is 11.7. The highest BCUT2D eigenvalue weighted by atomic mass is 14.2. The summed E-state index contributed by atoms with van der Waals surface area (Å²) in [4.78, 5) is 0. The van der Waals surface area contributed by atoms with Gasteiger partial charge in [0.2, 0.25) is 0 Å². The molecule has 0 aliphatic heterocycles. The minimum absolute atomic E-state index is 0.610. The largest absolute Gasteiger partial charge is 0.170 e. The Bertz CT molecular complexity index is 371. The van der Waals surface area contributed by atoms with E-state index >= 15 is 0 Å². The van der Waals surface area contributed by atoms with Gasteiger partial charge in [-0.25, -0.2) is 0 Å². The fourth-order valence-electron chi connectivity index (χ4n) is 2.68. The lowest BCUT2D eigenvalue weighted by Gasteiger charge is -2.24. The van der Waals surface area contributed by atoms with Gasteiger partial charge in [0.1, 0.15) is 0 Å². The van der Waals surface area contributed by atoms with Gasteiger partial charge in [-0.1, -0.05) is 83.9 Å². The molecule has 0 unspecified atom stereocenters. The molecule has 0 aromatic heterocycles. The van der Waals surface area contributed by atoms with Gasteiger partial charge in [0, 0.05) is 0 Å².